The highest BCUT2D eigenvalue weighted by Crippen LogP contribution is 2.24. The van der Waals surface area contributed by atoms with E-state index in [1.807, 2.05) is 0 Å². The van der Waals surface area contributed by atoms with Crippen LogP contribution in [-0.2, 0) is 16.1 Å². The van der Waals surface area contributed by atoms with Crippen molar-refractivity contribution in [1.82, 2.24) is 4.90 Å². The van der Waals surface area contributed by atoms with Gasteiger partial charge >= 0.3 is 5.97 Å². The minimum atomic E-state index is -0.409. The smallest absolute Gasteiger partial charge is 0.337 e. The van der Waals surface area contributed by atoms with Crippen LogP contribution in [-0.4, -0.2) is 37.0 Å². The molecule has 30 heavy (non-hydrogen) atoms. The summed E-state index contributed by atoms with van der Waals surface area (Å²) in [4.78, 5) is 26.8. The van der Waals surface area contributed by atoms with Gasteiger partial charge in [-0.05, 0) is 60.5 Å². The number of methoxy groups -OCH3 is 1. The zero-order chi connectivity index (χ0) is 20.9. The summed E-state index contributed by atoms with van der Waals surface area (Å²) in [7, 11) is 1.35. The van der Waals surface area contributed by atoms with Crippen molar-refractivity contribution in [3.8, 4) is 0 Å². The average Bonchev–Trinajstić information content (AvgIpc) is 2.79. The molecule has 0 saturated carbocycles. The number of piperidine rings is 1. The number of carbonyl (C=O) groups excluding carboxylic acids is 2. The van der Waals surface area contributed by atoms with E-state index in [2.05, 4.69) is 52.7 Å². The van der Waals surface area contributed by atoms with Gasteiger partial charge in [0.2, 0.25) is 5.91 Å². The first-order chi connectivity index (χ1) is 14.6. The molecule has 5 nitrogen and oxygen atoms in total. The molecule has 154 valence electrons. The summed E-state index contributed by atoms with van der Waals surface area (Å²) in [6.45, 7) is 2.68. The lowest BCUT2D eigenvalue weighted by Crippen LogP contribution is -2.37. The minimum absolute atomic E-state index is 0.0156. The summed E-state index contributed by atoms with van der Waals surface area (Å²) >= 11 is 0. The van der Waals surface area contributed by atoms with Crippen molar-refractivity contribution in [3.63, 3.8) is 0 Å². The number of benzene rings is 3. The summed E-state index contributed by atoms with van der Waals surface area (Å²) in [6.07, 6.45) is 1.65. The molecule has 1 fully saturated rings. The first kappa shape index (κ1) is 20.1. The molecule has 1 amide bonds. The summed E-state index contributed by atoms with van der Waals surface area (Å²) in [5.74, 6) is -0.412. The van der Waals surface area contributed by atoms with Crippen LogP contribution in [0.25, 0.3) is 10.8 Å². The largest absolute Gasteiger partial charge is 0.465 e. The van der Waals surface area contributed by atoms with Crippen LogP contribution in [0.5, 0.6) is 0 Å². The zero-order valence-electron chi connectivity index (χ0n) is 17.1. The van der Waals surface area contributed by atoms with Gasteiger partial charge in [0.15, 0.2) is 0 Å². The van der Waals surface area contributed by atoms with E-state index in [4.69, 9.17) is 4.74 Å². The van der Waals surface area contributed by atoms with Crippen LogP contribution in [0.1, 0.15) is 28.8 Å². The molecule has 0 spiro atoms. The number of hydrogen-bond acceptors (Lipinski definition) is 4. The number of amides is 1. The molecule has 1 aliphatic heterocycles. The molecule has 1 saturated heterocycles. The monoisotopic (exact) mass is 402 g/mol. The lowest BCUT2D eigenvalue weighted by Gasteiger charge is -2.31. The molecule has 1 N–H and O–H groups in total. The standard InChI is InChI=1S/C25H26N2O3/c1-30-25(29)20-8-5-10-22(16-20)26-24(28)19-12-14-27(15-13-19)17-21-9-4-7-18-6-2-3-11-23(18)21/h2-11,16,19H,12-15,17H2,1H3,(H,26,28). The van der Waals surface area contributed by atoms with Gasteiger partial charge in [0.1, 0.15) is 0 Å². The predicted molar refractivity (Wildman–Crippen MR) is 118 cm³/mol. The molecule has 0 aliphatic carbocycles. The fraction of sp³-hybridized carbons (Fsp3) is 0.280. The second-order valence-electron chi connectivity index (χ2n) is 7.75. The number of esters is 1. The number of anilines is 1. The van der Waals surface area contributed by atoms with Crippen molar-refractivity contribution in [2.24, 2.45) is 5.92 Å². The van der Waals surface area contributed by atoms with Gasteiger partial charge in [0.25, 0.3) is 0 Å². The van der Waals surface area contributed by atoms with E-state index < -0.39 is 5.97 Å². The molecular formula is C25H26N2O3. The Kier molecular flexibility index (Phi) is 6.10. The first-order valence-corrected chi connectivity index (χ1v) is 10.3. The number of nitrogens with zero attached hydrogens (tertiary/aromatic N) is 1. The van der Waals surface area contributed by atoms with Crippen LogP contribution < -0.4 is 5.32 Å². The zero-order valence-corrected chi connectivity index (χ0v) is 17.1. The molecule has 4 rings (SSSR count). The molecule has 3 aromatic carbocycles. The van der Waals surface area contributed by atoms with Crippen LogP contribution in [0, 0.1) is 5.92 Å². The maximum Gasteiger partial charge on any atom is 0.337 e. The Balaban J connectivity index is 1.34. The van der Waals surface area contributed by atoms with E-state index in [1.165, 1.54) is 23.4 Å². The van der Waals surface area contributed by atoms with Crippen LogP contribution in [0.4, 0.5) is 5.69 Å². The van der Waals surface area contributed by atoms with Crippen LogP contribution in [0.15, 0.2) is 66.7 Å². The van der Waals surface area contributed by atoms with E-state index in [1.54, 1.807) is 24.3 Å². The molecule has 3 aromatic rings. The highest BCUT2D eigenvalue weighted by molar-refractivity contribution is 5.95. The molecule has 0 bridgehead atoms. The van der Waals surface area contributed by atoms with E-state index in [9.17, 15) is 9.59 Å². The number of nitrogens with one attached hydrogen (secondary N) is 1. The number of rotatable bonds is 5. The number of ether oxygens (including phenoxy) is 1. The normalized spacial score (nSPS) is 15.1. The van der Waals surface area contributed by atoms with Crippen molar-refractivity contribution in [2.75, 3.05) is 25.5 Å². The molecule has 5 heteroatoms. The fourth-order valence-electron chi connectivity index (χ4n) is 4.11. The summed E-state index contributed by atoms with van der Waals surface area (Å²) in [5, 5.41) is 5.51. The first-order valence-electron chi connectivity index (χ1n) is 10.3. The fourth-order valence-corrected chi connectivity index (χ4v) is 4.11. The van der Waals surface area contributed by atoms with E-state index in [-0.39, 0.29) is 11.8 Å². The quantitative estimate of drug-likeness (QED) is 0.640. The van der Waals surface area contributed by atoms with Crippen molar-refractivity contribution in [1.29, 1.82) is 0 Å². The van der Waals surface area contributed by atoms with Crippen molar-refractivity contribution >= 4 is 28.3 Å². The summed E-state index contributed by atoms with van der Waals surface area (Å²) in [6, 6.07) is 21.8. The number of fused-ring (bicyclic) bond motifs is 1. The molecule has 0 aromatic heterocycles. The molecular weight excluding hydrogens is 376 g/mol. The van der Waals surface area contributed by atoms with Crippen LogP contribution in [0.3, 0.4) is 0 Å². The van der Waals surface area contributed by atoms with Gasteiger partial charge in [0, 0.05) is 18.2 Å². The molecule has 0 unspecified atom stereocenters. The maximum atomic E-state index is 12.7. The SMILES string of the molecule is COC(=O)c1cccc(NC(=O)C2CCN(Cc3cccc4ccccc34)CC2)c1. The Morgan fingerprint density at radius 1 is 1.00 bits per heavy atom. The lowest BCUT2D eigenvalue weighted by molar-refractivity contribution is -0.121. The second-order valence-corrected chi connectivity index (χ2v) is 7.75. The van der Waals surface area contributed by atoms with Gasteiger partial charge in [-0.3, -0.25) is 9.69 Å². The van der Waals surface area contributed by atoms with E-state index in [0.29, 0.717) is 11.3 Å². The third kappa shape index (κ3) is 4.52. The highest BCUT2D eigenvalue weighted by Gasteiger charge is 2.25. The van der Waals surface area contributed by atoms with Gasteiger partial charge in [-0.1, -0.05) is 48.5 Å². The molecule has 0 radical (unpaired) electrons. The Morgan fingerprint density at radius 2 is 1.73 bits per heavy atom. The number of likely N-dealkylation sites (tertiary alicyclic amines) is 1. The average molecular weight is 402 g/mol. The lowest BCUT2D eigenvalue weighted by atomic mass is 9.95. The van der Waals surface area contributed by atoms with Crippen molar-refractivity contribution < 1.29 is 14.3 Å². The maximum absolute atomic E-state index is 12.7. The molecule has 1 aliphatic rings. The number of carbonyl (C=O) groups is 2. The van der Waals surface area contributed by atoms with Crippen molar-refractivity contribution in [2.45, 2.75) is 19.4 Å². The second kappa shape index (κ2) is 9.09. The Hall–Kier alpha value is -3.18. The van der Waals surface area contributed by atoms with Gasteiger partial charge in [-0.2, -0.15) is 0 Å². The Labute approximate surface area is 176 Å². The summed E-state index contributed by atoms with van der Waals surface area (Å²) in [5.41, 5.74) is 2.39. The van der Waals surface area contributed by atoms with Gasteiger partial charge in [0.05, 0.1) is 12.7 Å². The Morgan fingerprint density at radius 3 is 2.53 bits per heavy atom. The van der Waals surface area contributed by atoms with Gasteiger partial charge < -0.3 is 10.1 Å². The van der Waals surface area contributed by atoms with Crippen LogP contribution >= 0.6 is 0 Å². The van der Waals surface area contributed by atoms with E-state index >= 15 is 0 Å². The topological polar surface area (TPSA) is 58.6 Å². The van der Waals surface area contributed by atoms with Gasteiger partial charge in [-0.15, -0.1) is 0 Å². The number of hydrogen-bond donors (Lipinski definition) is 1. The van der Waals surface area contributed by atoms with Gasteiger partial charge in [-0.25, -0.2) is 4.79 Å². The predicted octanol–water partition coefficient (Wildman–Crippen LogP) is 4.48. The van der Waals surface area contributed by atoms with Crippen molar-refractivity contribution in [3.05, 3.63) is 77.9 Å². The molecule has 0 atom stereocenters. The molecule has 1 heterocycles. The third-order valence-electron chi connectivity index (χ3n) is 5.78. The van der Waals surface area contributed by atoms with E-state index in [0.717, 1.165) is 32.5 Å². The minimum Gasteiger partial charge on any atom is -0.465 e. The highest BCUT2D eigenvalue weighted by atomic mass is 16.5. The van der Waals surface area contributed by atoms with Crippen LogP contribution in [0.2, 0.25) is 0 Å². The Bertz CT molecular complexity index is 1050. The third-order valence-corrected chi connectivity index (χ3v) is 5.78. The summed E-state index contributed by atoms with van der Waals surface area (Å²) < 4.78 is 4.74.